The summed E-state index contributed by atoms with van der Waals surface area (Å²) >= 11 is 0. The van der Waals surface area contributed by atoms with Gasteiger partial charge in [0.1, 0.15) is 11.8 Å². The number of aryl methyl sites for hydroxylation is 1. The predicted octanol–water partition coefficient (Wildman–Crippen LogP) is 2.85. The lowest BCUT2D eigenvalue weighted by Gasteiger charge is -2.33. The first kappa shape index (κ1) is 14.6. The van der Waals surface area contributed by atoms with Crippen LogP contribution in [0.25, 0.3) is 0 Å². The SMILES string of the molecule is N#Cc1ccc(N2CCC(CCCn3ccnc3)CC2)cn1. The molecule has 1 saturated heterocycles. The first-order valence-corrected chi connectivity index (χ1v) is 7.92. The summed E-state index contributed by atoms with van der Waals surface area (Å²) in [6.07, 6.45) is 12.6. The van der Waals surface area contributed by atoms with Gasteiger partial charge < -0.3 is 9.47 Å². The van der Waals surface area contributed by atoms with E-state index in [0.717, 1.165) is 31.2 Å². The number of imidazole rings is 1. The zero-order valence-electron chi connectivity index (χ0n) is 12.7. The lowest BCUT2D eigenvalue weighted by atomic mass is 9.92. The van der Waals surface area contributed by atoms with Crippen LogP contribution in [0.3, 0.4) is 0 Å². The molecule has 2 aromatic heterocycles. The van der Waals surface area contributed by atoms with Crippen molar-refractivity contribution in [2.45, 2.75) is 32.2 Å². The van der Waals surface area contributed by atoms with Crippen molar-refractivity contribution >= 4 is 5.69 Å². The van der Waals surface area contributed by atoms with E-state index in [1.807, 2.05) is 31.0 Å². The van der Waals surface area contributed by atoms with Crippen LogP contribution in [0.15, 0.2) is 37.1 Å². The molecule has 0 amide bonds. The van der Waals surface area contributed by atoms with Gasteiger partial charge in [-0.15, -0.1) is 0 Å². The van der Waals surface area contributed by atoms with Gasteiger partial charge in [-0.1, -0.05) is 0 Å². The first-order valence-electron chi connectivity index (χ1n) is 7.92. The first-order chi connectivity index (χ1) is 10.8. The predicted molar refractivity (Wildman–Crippen MR) is 85.4 cm³/mol. The molecule has 1 aliphatic rings. The van der Waals surface area contributed by atoms with Crippen LogP contribution in [0, 0.1) is 17.2 Å². The molecule has 0 bridgehead atoms. The van der Waals surface area contributed by atoms with Crippen molar-refractivity contribution in [1.82, 2.24) is 14.5 Å². The number of nitrogens with zero attached hydrogens (tertiary/aromatic N) is 5. The quantitative estimate of drug-likeness (QED) is 0.851. The molecule has 5 nitrogen and oxygen atoms in total. The number of anilines is 1. The van der Waals surface area contributed by atoms with Crippen LogP contribution < -0.4 is 4.90 Å². The third-order valence-corrected chi connectivity index (χ3v) is 4.43. The number of hydrogen-bond donors (Lipinski definition) is 0. The van der Waals surface area contributed by atoms with Crippen molar-refractivity contribution in [3.05, 3.63) is 42.7 Å². The van der Waals surface area contributed by atoms with Crippen molar-refractivity contribution in [1.29, 1.82) is 5.26 Å². The smallest absolute Gasteiger partial charge is 0.140 e. The topological polar surface area (TPSA) is 57.7 Å². The summed E-state index contributed by atoms with van der Waals surface area (Å²) in [5, 5.41) is 8.79. The molecule has 0 unspecified atom stereocenters. The maximum Gasteiger partial charge on any atom is 0.140 e. The highest BCUT2D eigenvalue weighted by atomic mass is 15.1. The number of rotatable bonds is 5. The molecule has 3 rings (SSSR count). The summed E-state index contributed by atoms with van der Waals surface area (Å²) in [6.45, 7) is 3.24. The molecule has 0 spiro atoms. The fraction of sp³-hybridized carbons (Fsp3) is 0.471. The van der Waals surface area contributed by atoms with Crippen LogP contribution >= 0.6 is 0 Å². The van der Waals surface area contributed by atoms with E-state index in [4.69, 9.17) is 5.26 Å². The highest BCUT2D eigenvalue weighted by Crippen LogP contribution is 2.25. The average Bonchev–Trinajstić information content (AvgIpc) is 3.09. The Kier molecular flexibility index (Phi) is 4.69. The van der Waals surface area contributed by atoms with E-state index in [1.54, 1.807) is 6.07 Å². The van der Waals surface area contributed by atoms with E-state index in [0.29, 0.717) is 5.69 Å². The van der Waals surface area contributed by atoms with Crippen molar-refractivity contribution in [3.63, 3.8) is 0 Å². The molecule has 0 saturated carbocycles. The van der Waals surface area contributed by atoms with Gasteiger partial charge in [-0.3, -0.25) is 0 Å². The van der Waals surface area contributed by atoms with Gasteiger partial charge in [0, 0.05) is 32.0 Å². The lowest BCUT2D eigenvalue weighted by Crippen LogP contribution is -2.33. The minimum absolute atomic E-state index is 0.484. The number of hydrogen-bond acceptors (Lipinski definition) is 4. The Morgan fingerprint density at radius 3 is 2.77 bits per heavy atom. The monoisotopic (exact) mass is 295 g/mol. The third kappa shape index (κ3) is 3.64. The van der Waals surface area contributed by atoms with Gasteiger partial charge in [0.15, 0.2) is 0 Å². The van der Waals surface area contributed by atoms with Crippen LogP contribution in [-0.2, 0) is 6.54 Å². The van der Waals surface area contributed by atoms with Gasteiger partial charge in [-0.25, -0.2) is 9.97 Å². The van der Waals surface area contributed by atoms with Crippen molar-refractivity contribution in [2.75, 3.05) is 18.0 Å². The molecule has 0 radical (unpaired) electrons. The van der Waals surface area contributed by atoms with Crippen molar-refractivity contribution in [3.8, 4) is 6.07 Å². The molecule has 2 aromatic rings. The molecule has 0 aromatic carbocycles. The van der Waals surface area contributed by atoms with E-state index in [-0.39, 0.29) is 0 Å². The Morgan fingerprint density at radius 2 is 2.14 bits per heavy atom. The van der Waals surface area contributed by atoms with Gasteiger partial charge in [0.2, 0.25) is 0 Å². The fourth-order valence-corrected chi connectivity index (χ4v) is 3.10. The maximum atomic E-state index is 8.79. The summed E-state index contributed by atoms with van der Waals surface area (Å²) in [7, 11) is 0. The van der Waals surface area contributed by atoms with Gasteiger partial charge in [-0.2, -0.15) is 5.26 Å². The maximum absolute atomic E-state index is 8.79. The lowest BCUT2D eigenvalue weighted by molar-refractivity contribution is 0.363. The molecule has 3 heterocycles. The van der Waals surface area contributed by atoms with Crippen LogP contribution in [0.2, 0.25) is 0 Å². The highest BCUT2D eigenvalue weighted by molar-refractivity contribution is 5.46. The van der Waals surface area contributed by atoms with Gasteiger partial charge in [0.25, 0.3) is 0 Å². The number of aromatic nitrogens is 3. The van der Waals surface area contributed by atoms with Crippen molar-refractivity contribution < 1.29 is 0 Å². The van der Waals surface area contributed by atoms with Crippen molar-refractivity contribution in [2.24, 2.45) is 5.92 Å². The van der Waals surface area contributed by atoms with E-state index in [1.165, 1.54) is 25.7 Å². The van der Waals surface area contributed by atoms with Crippen LogP contribution in [0.4, 0.5) is 5.69 Å². The molecule has 0 aliphatic carbocycles. The largest absolute Gasteiger partial charge is 0.370 e. The number of nitriles is 1. The normalized spacial score (nSPS) is 15.7. The molecular formula is C17H21N5. The van der Waals surface area contributed by atoms with Crippen LogP contribution in [-0.4, -0.2) is 27.6 Å². The Hall–Kier alpha value is -2.35. The molecule has 22 heavy (non-hydrogen) atoms. The standard InChI is InChI=1S/C17H21N5/c18-12-16-3-4-17(13-20-16)22-9-5-15(6-10-22)2-1-8-21-11-7-19-14-21/h3-4,7,11,13-15H,1-2,5-6,8-10H2. The fourth-order valence-electron chi connectivity index (χ4n) is 3.10. The summed E-state index contributed by atoms with van der Waals surface area (Å²) in [4.78, 5) is 10.6. The van der Waals surface area contributed by atoms with Crippen LogP contribution in [0.5, 0.6) is 0 Å². The molecular weight excluding hydrogens is 274 g/mol. The van der Waals surface area contributed by atoms with Gasteiger partial charge in [-0.05, 0) is 43.7 Å². The summed E-state index contributed by atoms with van der Waals surface area (Å²) in [5.41, 5.74) is 1.62. The second-order valence-electron chi connectivity index (χ2n) is 5.89. The third-order valence-electron chi connectivity index (χ3n) is 4.43. The Bertz CT molecular complexity index is 603. The molecule has 0 atom stereocenters. The Labute approximate surface area is 131 Å². The molecule has 5 heteroatoms. The van der Waals surface area contributed by atoms with Gasteiger partial charge >= 0.3 is 0 Å². The number of piperidine rings is 1. The molecule has 1 aliphatic heterocycles. The second-order valence-corrected chi connectivity index (χ2v) is 5.89. The van der Waals surface area contributed by atoms with Gasteiger partial charge in [0.05, 0.1) is 18.2 Å². The average molecular weight is 295 g/mol. The Balaban J connectivity index is 1.42. The summed E-state index contributed by atoms with van der Waals surface area (Å²) in [6, 6.07) is 5.87. The zero-order chi connectivity index (χ0) is 15.2. The minimum atomic E-state index is 0.484. The van der Waals surface area contributed by atoms with E-state index in [2.05, 4.69) is 25.5 Å². The summed E-state index contributed by atoms with van der Waals surface area (Å²) < 4.78 is 2.15. The van der Waals surface area contributed by atoms with E-state index in [9.17, 15) is 0 Å². The van der Waals surface area contributed by atoms with E-state index < -0.39 is 0 Å². The highest BCUT2D eigenvalue weighted by Gasteiger charge is 2.19. The number of pyridine rings is 1. The molecule has 114 valence electrons. The molecule has 0 N–H and O–H groups in total. The Morgan fingerprint density at radius 1 is 1.27 bits per heavy atom. The van der Waals surface area contributed by atoms with Crippen LogP contribution in [0.1, 0.15) is 31.4 Å². The second kappa shape index (κ2) is 7.08. The zero-order valence-corrected chi connectivity index (χ0v) is 12.7. The van der Waals surface area contributed by atoms with E-state index >= 15 is 0 Å². The minimum Gasteiger partial charge on any atom is -0.370 e. The summed E-state index contributed by atoms with van der Waals surface area (Å²) in [5.74, 6) is 0.825. The molecule has 1 fully saturated rings.